The molecule has 6 heteroatoms. The summed E-state index contributed by atoms with van der Waals surface area (Å²) in [7, 11) is 0. The number of rotatable bonds is 5. The fraction of sp³-hybridized carbons (Fsp3) is 0.471. The zero-order valence-corrected chi connectivity index (χ0v) is 13.3. The summed E-state index contributed by atoms with van der Waals surface area (Å²) >= 11 is 0. The lowest BCUT2D eigenvalue weighted by Crippen LogP contribution is -2.40. The van der Waals surface area contributed by atoms with E-state index >= 15 is 0 Å². The molecule has 1 aliphatic rings. The number of likely N-dealkylation sites (tertiary alicyclic amines) is 1. The van der Waals surface area contributed by atoms with E-state index in [0.717, 1.165) is 5.56 Å². The summed E-state index contributed by atoms with van der Waals surface area (Å²) in [6.07, 6.45) is 2.11. The average molecular weight is 316 g/mol. The van der Waals surface area contributed by atoms with Crippen LogP contribution >= 0.6 is 0 Å². The van der Waals surface area contributed by atoms with Gasteiger partial charge in [0.05, 0.1) is 12.3 Å². The van der Waals surface area contributed by atoms with Gasteiger partial charge in [0.25, 0.3) is 0 Å². The van der Waals surface area contributed by atoms with Gasteiger partial charge in [0, 0.05) is 31.0 Å². The molecule has 23 heavy (non-hydrogen) atoms. The number of hydrogen-bond acceptors (Lipinski definition) is 4. The van der Waals surface area contributed by atoms with Crippen LogP contribution in [0.5, 0.6) is 0 Å². The molecule has 0 saturated carbocycles. The second-order valence-electron chi connectivity index (χ2n) is 5.95. The molecule has 0 aliphatic carbocycles. The molecule has 1 radical (unpaired) electrons. The molecule has 1 heterocycles. The van der Waals surface area contributed by atoms with Crippen LogP contribution in [0.3, 0.4) is 0 Å². The van der Waals surface area contributed by atoms with Gasteiger partial charge in [0.1, 0.15) is 0 Å². The molecule has 1 unspecified atom stereocenters. The van der Waals surface area contributed by atoms with Crippen molar-refractivity contribution in [2.24, 2.45) is 16.9 Å². The fourth-order valence-corrected chi connectivity index (χ4v) is 2.69. The number of nitrogens with two attached hydrogens (primary N) is 1. The lowest BCUT2D eigenvalue weighted by Gasteiger charge is -2.29. The minimum absolute atomic E-state index is 0.0513. The van der Waals surface area contributed by atoms with Crippen LogP contribution in [0, 0.1) is 5.92 Å². The van der Waals surface area contributed by atoms with Gasteiger partial charge in [-0.3, -0.25) is 9.59 Å². The molecule has 1 aromatic carbocycles. The molecule has 1 aliphatic heterocycles. The number of nitrogens with zero attached hydrogens (tertiary/aromatic N) is 2. The molecule has 2 rings (SSSR count). The Bertz CT molecular complexity index is 575. The predicted molar refractivity (Wildman–Crippen MR) is 86.6 cm³/mol. The molecule has 2 N–H and O–H groups in total. The number of hydrogen-bond donors (Lipinski definition) is 1. The van der Waals surface area contributed by atoms with Crippen molar-refractivity contribution in [1.29, 1.82) is 0 Å². The Morgan fingerprint density at radius 3 is 2.48 bits per heavy atom. The van der Waals surface area contributed by atoms with E-state index < -0.39 is 6.10 Å². The van der Waals surface area contributed by atoms with Gasteiger partial charge in [-0.25, -0.2) is 5.11 Å². The molecule has 1 atom stereocenters. The molecule has 0 bridgehead atoms. The summed E-state index contributed by atoms with van der Waals surface area (Å²) in [6.45, 7) is 2.76. The fourth-order valence-electron chi connectivity index (χ4n) is 2.69. The van der Waals surface area contributed by atoms with Crippen LogP contribution in [-0.2, 0) is 9.90 Å². The van der Waals surface area contributed by atoms with Crippen molar-refractivity contribution in [1.82, 2.24) is 4.90 Å². The second kappa shape index (κ2) is 7.87. The molecular weight excluding hydrogens is 294 g/mol. The van der Waals surface area contributed by atoms with E-state index in [0.29, 0.717) is 31.5 Å². The number of ketones is 1. The first-order chi connectivity index (χ1) is 11.0. The first-order valence-electron chi connectivity index (χ1n) is 7.82. The van der Waals surface area contributed by atoms with Gasteiger partial charge in [0.2, 0.25) is 5.91 Å². The SMILES string of the molecule is CC(CC(=O)N1CCC([O])CC1)C(=O)c1ccc(C=NN)cc1. The van der Waals surface area contributed by atoms with E-state index in [1.54, 1.807) is 36.1 Å². The van der Waals surface area contributed by atoms with Crippen molar-refractivity contribution in [2.45, 2.75) is 32.3 Å². The van der Waals surface area contributed by atoms with Gasteiger partial charge in [-0.05, 0) is 18.4 Å². The van der Waals surface area contributed by atoms with Crippen LogP contribution < -0.4 is 5.84 Å². The minimum atomic E-state index is -0.561. The molecule has 6 nitrogen and oxygen atoms in total. The molecule has 1 fully saturated rings. The Kier molecular flexibility index (Phi) is 5.87. The lowest BCUT2D eigenvalue weighted by molar-refractivity contribution is -0.134. The summed E-state index contributed by atoms with van der Waals surface area (Å²) < 4.78 is 0. The van der Waals surface area contributed by atoms with Crippen LogP contribution in [0.1, 0.15) is 42.1 Å². The van der Waals surface area contributed by atoms with Gasteiger partial charge < -0.3 is 10.7 Å². The highest BCUT2D eigenvalue weighted by Gasteiger charge is 2.25. The molecule has 1 saturated heterocycles. The maximum atomic E-state index is 12.4. The summed E-state index contributed by atoms with van der Waals surface area (Å²) in [5, 5.41) is 14.7. The van der Waals surface area contributed by atoms with Crippen molar-refractivity contribution in [3.63, 3.8) is 0 Å². The summed E-state index contributed by atoms with van der Waals surface area (Å²) in [5.74, 6) is 4.58. The standard InChI is InChI=1S/C17H22N3O3/c1-12(10-16(22)20-8-6-15(21)7-9-20)17(23)14-4-2-13(3-5-14)11-19-18/h2-5,11-12,15H,6-10,18H2,1H3. The zero-order chi connectivity index (χ0) is 16.8. The third kappa shape index (κ3) is 4.63. The van der Waals surface area contributed by atoms with Gasteiger partial charge >= 0.3 is 0 Å². The van der Waals surface area contributed by atoms with E-state index in [9.17, 15) is 14.7 Å². The molecule has 1 aromatic rings. The lowest BCUT2D eigenvalue weighted by atomic mass is 9.95. The molecule has 1 amide bonds. The molecule has 0 aromatic heterocycles. The zero-order valence-electron chi connectivity index (χ0n) is 13.3. The van der Waals surface area contributed by atoms with Crippen molar-refractivity contribution in [3.05, 3.63) is 35.4 Å². The predicted octanol–water partition coefficient (Wildman–Crippen LogP) is 1.61. The maximum Gasteiger partial charge on any atom is 0.223 e. The maximum absolute atomic E-state index is 12.4. The average Bonchev–Trinajstić information content (AvgIpc) is 2.55. The highest BCUT2D eigenvalue weighted by atomic mass is 16.3. The normalized spacial score (nSPS) is 17.4. The van der Waals surface area contributed by atoms with E-state index in [-0.39, 0.29) is 24.0 Å². The number of benzene rings is 1. The third-order valence-electron chi connectivity index (χ3n) is 4.14. The number of Topliss-reactive ketones (excluding diaryl/α,β-unsaturated/α-hetero) is 1. The minimum Gasteiger partial charge on any atom is -0.342 e. The highest BCUT2D eigenvalue weighted by molar-refractivity contribution is 6.00. The van der Waals surface area contributed by atoms with E-state index in [4.69, 9.17) is 5.84 Å². The van der Waals surface area contributed by atoms with Crippen LogP contribution in [0.4, 0.5) is 0 Å². The number of carbonyl (C=O) groups excluding carboxylic acids is 2. The first-order valence-corrected chi connectivity index (χ1v) is 7.82. The second-order valence-corrected chi connectivity index (χ2v) is 5.95. The van der Waals surface area contributed by atoms with Gasteiger partial charge in [0.15, 0.2) is 5.78 Å². The van der Waals surface area contributed by atoms with Crippen LogP contribution in [0.25, 0.3) is 0 Å². The van der Waals surface area contributed by atoms with Crippen LogP contribution in [0.15, 0.2) is 29.4 Å². The summed E-state index contributed by atoms with van der Waals surface area (Å²) in [5.41, 5.74) is 1.38. The van der Waals surface area contributed by atoms with Gasteiger partial charge in [-0.2, -0.15) is 5.10 Å². The number of carbonyl (C=O) groups is 2. The Labute approximate surface area is 136 Å². The quantitative estimate of drug-likeness (QED) is 0.387. The van der Waals surface area contributed by atoms with Crippen molar-refractivity contribution in [2.75, 3.05) is 13.1 Å². The topological polar surface area (TPSA) is 95.7 Å². The summed E-state index contributed by atoms with van der Waals surface area (Å²) in [6, 6.07) is 6.95. The largest absolute Gasteiger partial charge is 0.342 e. The Morgan fingerprint density at radius 1 is 1.30 bits per heavy atom. The van der Waals surface area contributed by atoms with E-state index in [2.05, 4.69) is 5.10 Å². The molecule has 123 valence electrons. The number of piperidine rings is 1. The van der Waals surface area contributed by atoms with Crippen molar-refractivity contribution >= 4 is 17.9 Å². The van der Waals surface area contributed by atoms with Crippen LogP contribution in [-0.4, -0.2) is 42.0 Å². The Hall–Kier alpha value is -2.21. The van der Waals surface area contributed by atoms with Gasteiger partial charge in [-0.1, -0.05) is 31.2 Å². The number of amides is 1. The molecule has 0 spiro atoms. The summed E-state index contributed by atoms with van der Waals surface area (Å²) in [4.78, 5) is 26.3. The smallest absolute Gasteiger partial charge is 0.223 e. The van der Waals surface area contributed by atoms with Crippen molar-refractivity contribution in [3.8, 4) is 0 Å². The van der Waals surface area contributed by atoms with E-state index in [1.165, 1.54) is 6.21 Å². The van der Waals surface area contributed by atoms with Gasteiger partial charge in [-0.15, -0.1) is 0 Å². The Balaban J connectivity index is 1.92. The Morgan fingerprint density at radius 2 is 1.91 bits per heavy atom. The third-order valence-corrected chi connectivity index (χ3v) is 4.14. The molecular formula is C17H22N3O3. The first kappa shape index (κ1) is 17.1. The van der Waals surface area contributed by atoms with E-state index in [1.807, 2.05) is 0 Å². The highest BCUT2D eigenvalue weighted by Crippen LogP contribution is 2.17. The number of hydrazone groups is 1. The van der Waals surface area contributed by atoms with Crippen molar-refractivity contribution < 1.29 is 14.7 Å². The monoisotopic (exact) mass is 316 g/mol. The van der Waals surface area contributed by atoms with Crippen LogP contribution in [0.2, 0.25) is 0 Å².